The minimum Gasteiger partial charge on any atom is -0.495 e. The number of hydrogen-bond acceptors (Lipinski definition) is 4. The maximum Gasteiger partial charge on any atom is 0.135 e. The van der Waals surface area contributed by atoms with Crippen LogP contribution in [0.1, 0.15) is 12.6 Å². The molecule has 1 N–H and O–H groups in total. The SMILES string of the molecule is CCNCc1cn(-c2cc(OC)c(Br)cc2Br)nn1. The smallest absolute Gasteiger partial charge is 0.135 e. The Bertz CT molecular complexity index is 571. The second-order valence-electron chi connectivity index (χ2n) is 3.87. The number of aromatic nitrogens is 3. The van der Waals surface area contributed by atoms with Gasteiger partial charge in [0.2, 0.25) is 0 Å². The van der Waals surface area contributed by atoms with Crippen molar-refractivity contribution in [3.63, 3.8) is 0 Å². The fraction of sp³-hybridized carbons (Fsp3) is 0.333. The fourth-order valence-corrected chi connectivity index (χ4v) is 2.94. The highest BCUT2D eigenvalue weighted by Crippen LogP contribution is 2.33. The summed E-state index contributed by atoms with van der Waals surface area (Å²) in [5, 5.41) is 11.5. The Hall–Kier alpha value is -0.920. The summed E-state index contributed by atoms with van der Waals surface area (Å²) in [6, 6.07) is 3.83. The zero-order chi connectivity index (χ0) is 13.8. The second-order valence-corrected chi connectivity index (χ2v) is 5.58. The van der Waals surface area contributed by atoms with E-state index in [1.54, 1.807) is 11.8 Å². The molecule has 7 heteroatoms. The lowest BCUT2D eigenvalue weighted by Crippen LogP contribution is -2.11. The molecule has 2 rings (SSSR count). The number of nitrogens with zero attached hydrogens (tertiary/aromatic N) is 3. The van der Waals surface area contributed by atoms with Crippen LogP contribution in [-0.4, -0.2) is 28.6 Å². The molecule has 102 valence electrons. The predicted octanol–water partition coefficient (Wildman–Crippen LogP) is 2.91. The van der Waals surface area contributed by atoms with Gasteiger partial charge in [0.25, 0.3) is 0 Å². The molecule has 0 radical (unpaired) electrons. The normalized spacial score (nSPS) is 10.7. The Morgan fingerprint density at radius 3 is 2.79 bits per heavy atom. The Balaban J connectivity index is 2.33. The van der Waals surface area contributed by atoms with E-state index in [4.69, 9.17) is 4.74 Å². The molecule has 19 heavy (non-hydrogen) atoms. The molecule has 5 nitrogen and oxygen atoms in total. The molecule has 0 unspecified atom stereocenters. The van der Waals surface area contributed by atoms with E-state index < -0.39 is 0 Å². The zero-order valence-electron chi connectivity index (χ0n) is 10.7. The van der Waals surface area contributed by atoms with Crippen LogP contribution in [0.15, 0.2) is 27.3 Å². The van der Waals surface area contributed by atoms with Gasteiger partial charge in [0, 0.05) is 17.1 Å². The molecule has 0 atom stereocenters. The molecule has 0 saturated heterocycles. The van der Waals surface area contributed by atoms with Crippen LogP contribution in [0.2, 0.25) is 0 Å². The first-order valence-corrected chi connectivity index (χ1v) is 7.39. The molecular formula is C12H14Br2N4O. The summed E-state index contributed by atoms with van der Waals surface area (Å²) >= 11 is 6.96. The number of methoxy groups -OCH3 is 1. The van der Waals surface area contributed by atoms with Crippen molar-refractivity contribution >= 4 is 31.9 Å². The van der Waals surface area contributed by atoms with Gasteiger partial charge in [0.15, 0.2) is 0 Å². The molecule has 1 aromatic carbocycles. The van der Waals surface area contributed by atoms with Crippen molar-refractivity contribution in [1.29, 1.82) is 0 Å². The van der Waals surface area contributed by atoms with Crippen molar-refractivity contribution in [3.05, 3.63) is 33.0 Å². The third-order valence-corrected chi connectivity index (χ3v) is 3.82. The minimum absolute atomic E-state index is 0.710. The van der Waals surface area contributed by atoms with Crippen molar-refractivity contribution in [3.8, 4) is 11.4 Å². The molecular weight excluding hydrogens is 376 g/mol. The van der Waals surface area contributed by atoms with Crippen LogP contribution in [0.3, 0.4) is 0 Å². The molecule has 0 aliphatic rings. The molecule has 0 fully saturated rings. The van der Waals surface area contributed by atoms with Gasteiger partial charge in [-0.3, -0.25) is 0 Å². The molecule has 0 amide bonds. The van der Waals surface area contributed by atoms with E-state index >= 15 is 0 Å². The molecule has 1 aromatic heterocycles. The summed E-state index contributed by atoms with van der Waals surface area (Å²) < 4.78 is 8.82. The third-order valence-electron chi connectivity index (χ3n) is 2.57. The first-order valence-electron chi connectivity index (χ1n) is 5.81. The van der Waals surface area contributed by atoms with E-state index in [9.17, 15) is 0 Å². The van der Waals surface area contributed by atoms with Gasteiger partial charge in [0.1, 0.15) is 5.75 Å². The summed E-state index contributed by atoms with van der Waals surface area (Å²) in [4.78, 5) is 0. The first kappa shape index (κ1) is 14.5. The third kappa shape index (κ3) is 3.34. The Kier molecular flexibility index (Phi) is 4.95. The second kappa shape index (κ2) is 6.49. The summed E-state index contributed by atoms with van der Waals surface area (Å²) in [5.74, 6) is 0.752. The number of rotatable bonds is 5. The van der Waals surface area contributed by atoms with Crippen molar-refractivity contribution in [2.45, 2.75) is 13.5 Å². The minimum atomic E-state index is 0.710. The van der Waals surface area contributed by atoms with Gasteiger partial charge in [-0.1, -0.05) is 12.1 Å². The van der Waals surface area contributed by atoms with Crippen LogP contribution in [0.4, 0.5) is 0 Å². The number of ether oxygens (including phenoxy) is 1. The molecule has 0 aliphatic carbocycles. The van der Waals surface area contributed by atoms with E-state index in [0.717, 1.165) is 32.6 Å². The summed E-state index contributed by atoms with van der Waals surface area (Å²) in [6.07, 6.45) is 1.90. The standard InChI is InChI=1S/C12H14Br2N4O/c1-3-15-6-8-7-18(17-16-8)11-5-12(19-2)10(14)4-9(11)13/h4-5,7,15H,3,6H2,1-2H3. The van der Waals surface area contributed by atoms with Gasteiger partial charge in [-0.25, -0.2) is 4.68 Å². The van der Waals surface area contributed by atoms with E-state index in [2.05, 4.69) is 54.4 Å². The lowest BCUT2D eigenvalue weighted by molar-refractivity contribution is 0.411. The van der Waals surface area contributed by atoms with Gasteiger partial charge in [-0.05, 0) is 44.5 Å². The Morgan fingerprint density at radius 2 is 2.11 bits per heavy atom. The largest absolute Gasteiger partial charge is 0.495 e. The Morgan fingerprint density at radius 1 is 1.32 bits per heavy atom. The summed E-state index contributed by atoms with van der Waals surface area (Å²) in [5.41, 5.74) is 1.78. The van der Waals surface area contributed by atoms with E-state index in [0.29, 0.717) is 6.54 Å². The highest BCUT2D eigenvalue weighted by Gasteiger charge is 2.10. The maximum atomic E-state index is 5.29. The highest BCUT2D eigenvalue weighted by molar-refractivity contribution is 9.11. The Labute approximate surface area is 128 Å². The molecule has 0 bridgehead atoms. The zero-order valence-corrected chi connectivity index (χ0v) is 13.8. The molecule has 1 heterocycles. The number of benzene rings is 1. The van der Waals surface area contributed by atoms with Crippen LogP contribution in [0.5, 0.6) is 5.75 Å². The summed E-state index contributed by atoms with van der Waals surface area (Å²) in [7, 11) is 1.63. The fourth-order valence-electron chi connectivity index (χ4n) is 1.60. The average Bonchev–Trinajstić information content (AvgIpc) is 2.85. The van der Waals surface area contributed by atoms with Crippen LogP contribution in [-0.2, 0) is 6.54 Å². The van der Waals surface area contributed by atoms with Crippen molar-refractivity contribution < 1.29 is 4.74 Å². The van der Waals surface area contributed by atoms with Gasteiger partial charge in [0.05, 0.1) is 29.2 Å². The van der Waals surface area contributed by atoms with Crippen LogP contribution in [0.25, 0.3) is 5.69 Å². The summed E-state index contributed by atoms with van der Waals surface area (Å²) in [6.45, 7) is 3.67. The molecule has 2 aromatic rings. The topological polar surface area (TPSA) is 52.0 Å². The molecule has 0 spiro atoms. The number of halogens is 2. The van der Waals surface area contributed by atoms with Gasteiger partial charge in [-0.15, -0.1) is 5.10 Å². The first-order chi connectivity index (χ1) is 9.15. The lowest BCUT2D eigenvalue weighted by atomic mass is 10.3. The average molecular weight is 390 g/mol. The number of nitrogens with one attached hydrogen (secondary N) is 1. The van der Waals surface area contributed by atoms with E-state index in [1.165, 1.54) is 0 Å². The van der Waals surface area contributed by atoms with Crippen molar-refractivity contribution in [2.24, 2.45) is 0 Å². The molecule has 0 saturated carbocycles. The maximum absolute atomic E-state index is 5.29. The monoisotopic (exact) mass is 388 g/mol. The van der Waals surface area contributed by atoms with E-state index in [1.807, 2.05) is 18.3 Å². The van der Waals surface area contributed by atoms with Crippen molar-refractivity contribution in [2.75, 3.05) is 13.7 Å². The van der Waals surface area contributed by atoms with Crippen molar-refractivity contribution in [1.82, 2.24) is 20.3 Å². The molecule has 0 aliphatic heterocycles. The van der Waals surface area contributed by atoms with Gasteiger partial charge in [-0.2, -0.15) is 0 Å². The van der Waals surface area contributed by atoms with Crippen LogP contribution >= 0.6 is 31.9 Å². The predicted molar refractivity (Wildman–Crippen MR) is 80.7 cm³/mol. The van der Waals surface area contributed by atoms with E-state index in [-0.39, 0.29) is 0 Å². The highest BCUT2D eigenvalue weighted by atomic mass is 79.9. The quantitative estimate of drug-likeness (QED) is 0.854. The lowest BCUT2D eigenvalue weighted by Gasteiger charge is -2.08. The van der Waals surface area contributed by atoms with Gasteiger partial charge < -0.3 is 10.1 Å². The van der Waals surface area contributed by atoms with Crippen LogP contribution < -0.4 is 10.1 Å². The van der Waals surface area contributed by atoms with Gasteiger partial charge >= 0.3 is 0 Å². The van der Waals surface area contributed by atoms with Crippen LogP contribution in [0, 0.1) is 0 Å². The number of hydrogen-bond donors (Lipinski definition) is 1.